The number of imidazole rings is 1. The smallest absolute Gasteiger partial charge is 0.103 e. The Morgan fingerprint density at radius 2 is 2.45 bits per heavy atom. The van der Waals surface area contributed by atoms with Gasteiger partial charge in [-0.1, -0.05) is 0 Å². The minimum Gasteiger partial charge on any atom is -0.342 e. The quantitative estimate of drug-likeness (QED) is 0.689. The Hall–Kier alpha value is -1.09. The minimum absolute atomic E-state index is 0.964. The van der Waals surface area contributed by atoms with E-state index >= 15 is 0 Å². The molecule has 0 radical (unpaired) electrons. The molecule has 0 unspecified atom stereocenters. The topological polar surface area (TPSA) is 28.7 Å². The van der Waals surface area contributed by atoms with Gasteiger partial charge in [-0.25, -0.2) is 4.98 Å². The second-order valence-electron chi connectivity index (χ2n) is 2.39. The number of H-pyrrole nitrogens is 1. The first-order valence-electron chi connectivity index (χ1n) is 3.40. The predicted molar refractivity (Wildman–Crippen MR) is 46.6 cm³/mol. The third kappa shape index (κ3) is 1.19. The molecule has 11 heavy (non-hydrogen) atoms. The molecule has 0 spiro atoms. The van der Waals surface area contributed by atoms with Crippen LogP contribution < -0.4 is 0 Å². The van der Waals surface area contributed by atoms with Crippen molar-refractivity contribution in [1.82, 2.24) is 9.97 Å². The number of nitrogens with zero attached hydrogens (tertiary/aromatic N) is 1. The van der Waals surface area contributed by atoms with Gasteiger partial charge in [0, 0.05) is 10.9 Å². The van der Waals surface area contributed by atoms with Crippen LogP contribution in [0.25, 0.3) is 11.3 Å². The monoisotopic (exact) mass is 164 g/mol. The van der Waals surface area contributed by atoms with Crippen LogP contribution in [0.1, 0.15) is 5.82 Å². The third-order valence-electron chi connectivity index (χ3n) is 1.54. The lowest BCUT2D eigenvalue weighted by Gasteiger charge is -1.87. The van der Waals surface area contributed by atoms with Crippen LogP contribution in [0.15, 0.2) is 23.0 Å². The van der Waals surface area contributed by atoms with Crippen molar-refractivity contribution in [3.8, 4) is 11.3 Å². The number of aromatic nitrogens is 2. The van der Waals surface area contributed by atoms with E-state index in [2.05, 4.69) is 26.8 Å². The average molecular weight is 164 g/mol. The maximum absolute atomic E-state index is 4.12. The SMILES string of the molecule is Cc1ncc(-c2ccsc2)[nH]1. The fraction of sp³-hybridized carbons (Fsp3) is 0.125. The van der Waals surface area contributed by atoms with E-state index in [1.54, 1.807) is 11.3 Å². The number of aryl methyl sites for hydroxylation is 1. The Balaban J connectivity index is 2.45. The highest BCUT2D eigenvalue weighted by atomic mass is 32.1. The van der Waals surface area contributed by atoms with Gasteiger partial charge in [-0.3, -0.25) is 0 Å². The summed E-state index contributed by atoms with van der Waals surface area (Å²) in [5.41, 5.74) is 2.32. The summed E-state index contributed by atoms with van der Waals surface area (Å²) in [6, 6.07) is 2.08. The van der Waals surface area contributed by atoms with E-state index in [1.165, 1.54) is 5.56 Å². The number of hydrogen-bond donors (Lipinski definition) is 1. The third-order valence-corrected chi connectivity index (χ3v) is 2.22. The molecule has 0 aromatic carbocycles. The lowest BCUT2D eigenvalue weighted by molar-refractivity contribution is 1.15. The van der Waals surface area contributed by atoms with Gasteiger partial charge < -0.3 is 4.98 Å². The fourth-order valence-electron chi connectivity index (χ4n) is 0.985. The van der Waals surface area contributed by atoms with Crippen molar-refractivity contribution in [2.24, 2.45) is 0 Å². The number of nitrogens with one attached hydrogen (secondary N) is 1. The van der Waals surface area contributed by atoms with Crippen LogP contribution in [0.4, 0.5) is 0 Å². The highest BCUT2D eigenvalue weighted by molar-refractivity contribution is 7.08. The molecule has 2 aromatic heterocycles. The maximum Gasteiger partial charge on any atom is 0.103 e. The van der Waals surface area contributed by atoms with Crippen LogP contribution in [0.3, 0.4) is 0 Å². The predicted octanol–water partition coefficient (Wildman–Crippen LogP) is 2.45. The minimum atomic E-state index is 0.964. The first kappa shape index (κ1) is 6.61. The molecule has 3 heteroatoms. The first-order chi connectivity index (χ1) is 5.36. The molecule has 1 N–H and O–H groups in total. The molecule has 2 rings (SSSR count). The zero-order valence-electron chi connectivity index (χ0n) is 6.16. The number of rotatable bonds is 1. The van der Waals surface area contributed by atoms with Crippen LogP contribution in [0.2, 0.25) is 0 Å². The lowest BCUT2D eigenvalue weighted by atomic mass is 10.3. The van der Waals surface area contributed by atoms with Crippen molar-refractivity contribution in [1.29, 1.82) is 0 Å². The molecule has 0 bridgehead atoms. The highest BCUT2D eigenvalue weighted by Gasteiger charge is 1.98. The Kier molecular flexibility index (Phi) is 1.51. The van der Waals surface area contributed by atoms with Crippen molar-refractivity contribution in [3.05, 3.63) is 28.8 Å². The van der Waals surface area contributed by atoms with E-state index in [1.807, 2.05) is 13.1 Å². The molecule has 0 aliphatic carbocycles. The Morgan fingerprint density at radius 1 is 1.55 bits per heavy atom. The van der Waals surface area contributed by atoms with Crippen molar-refractivity contribution in [3.63, 3.8) is 0 Å². The highest BCUT2D eigenvalue weighted by Crippen LogP contribution is 2.19. The maximum atomic E-state index is 4.12. The van der Waals surface area contributed by atoms with Gasteiger partial charge in [0.2, 0.25) is 0 Å². The summed E-state index contributed by atoms with van der Waals surface area (Å²) in [4.78, 5) is 7.30. The van der Waals surface area contributed by atoms with Gasteiger partial charge in [0.15, 0.2) is 0 Å². The van der Waals surface area contributed by atoms with Crippen molar-refractivity contribution in [2.75, 3.05) is 0 Å². The molecule has 2 aromatic rings. The summed E-state index contributed by atoms with van der Waals surface area (Å²) >= 11 is 1.70. The second kappa shape index (κ2) is 2.51. The van der Waals surface area contributed by atoms with Crippen LogP contribution in [-0.2, 0) is 0 Å². The summed E-state index contributed by atoms with van der Waals surface area (Å²) in [6.45, 7) is 1.95. The van der Waals surface area contributed by atoms with Crippen LogP contribution in [0.5, 0.6) is 0 Å². The van der Waals surface area contributed by atoms with E-state index in [9.17, 15) is 0 Å². The number of hydrogen-bond acceptors (Lipinski definition) is 2. The van der Waals surface area contributed by atoms with Crippen molar-refractivity contribution in [2.45, 2.75) is 6.92 Å². The standard InChI is InChI=1S/C8H8N2S/c1-6-9-4-8(10-6)7-2-3-11-5-7/h2-5H,1H3,(H,9,10). The van der Waals surface area contributed by atoms with Gasteiger partial charge in [0.25, 0.3) is 0 Å². The molecule has 2 heterocycles. The van der Waals surface area contributed by atoms with Crippen LogP contribution >= 0.6 is 11.3 Å². The zero-order chi connectivity index (χ0) is 7.68. The van der Waals surface area contributed by atoms with Gasteiger partial charge in [0.1, 0.15) is 5.82 Å². The molecule has 0 saturated carbocycles. The average Bonchev–Trinajstić information content (AvgIpc) is 2.55. The summed E-state index contributed by atoms with van der Waals surface area (Å²) in [7, 11) is 0. The molecule has 0 aliphatic rings. The second-order valence-corrected chi connectivity index (χ2v) is 3.17. The van der Waals surface area contributed by atoms with Gasteiger partial charge in [0.05, 0.1) is 11.9 Å². The summed E-state index contributed by atoms with van der Waals surface area (Å²) in [6.07, 6.45) is 1.86. The summed E-state index contributed by atoms with van der Waals surface area (Å²) in [5, 5.41) is 4.17. The van der Waals surface area contributed by atoms with E-state index in [4.69, 9.17) is 0 Å². The molecule has 0 amide bonds. The van der Waals surface area contributed by atoms with Crippen molar-refractivity contribution < 1.29 is 0 Å². The molecule has 0 fully saturated rings. The molecule has 2 nitrogen and oxygen atoms in total. The van der Waals surface area contributed by atoms with Gasteiger partial charge in [-0.05, 0) is 18.4 Å². The summed E-state index contributed by atoms with van der Waals surface area (Å²) in [5.74, 6) is 0.964. The molecule has 56 valence electrons. The van der Waals surface area contributed by atoms with E-state index in [0.717, 1.165) is 11.5 Å². The zero-order valence-corrected chi connectivity index (χ0v) is 6.98. The Bertz CT molecular complexity index is 335. The molecule has 0 atom stereocenters. The summed E-state index contributed by atoms with van der Waals surface area (Å²) < 4.78 is 0. The van der Waals surface area contributed by atoms with Crippen molar-refractivity contribution >= 4 is 11.3 Å². The van der Waals surface area contributed by atoms with Gasteiger partial charge >= 0.3 is 0 Å². The normalized spacial score (nSPS) is 10.3. The number of aromatic amines is 1. The van der Waals surface area contributed by atoms with Crippen LogP contribution in [0, 0.1) is 6.92 Å². The number of thiophene rings is 1. The molecular weight excluding hydrogens is 156 g/mol. The van der Waals surface area contributed by atoms with E-state index < -0.39 is 0 Å². The van der Waals surface area contributed by atoms with Gasteiger partial charge in [-0.15, -0.1) is 0 Å². The molecule has 0 aliphatic heterocycles. The largest absolute Gasteiger partial charge is 0.342 e. The van der Waals surface area contributed by atoms with Crippen LogP contribution in [-0.4, -0.2) is 9.97 Å². The van der Waals surface area contributed by atoms with Gasteiger partial charge in [-0.2, -0.15) is 11.3 Å². The molecule has 0 saturated heterocycles. The first-order valence-corrected chi connectivity index (χ1v) is 4.35. The van der Waals surface area contributed by atoms with E-state index in [-0.39, 0.29) is 0 Å². The van der Waals surface area contributed by atoms with E-state index in [0.29, 0.717) is 0 Å². The molecular formula is C8H8N2S. The Labute approximate surface area is 68.9 Å². The fourth-order valence-corrected chi connectivity index (χ4v) is 1.64. The Morgan fingerprint density at radius 3 is 3.00 bits per heavy atom. The lowest BCUT2D eigenvalue weighted by Crippen LogP contribution is -1.72.